The Morgan fingerprint density at radius 1 is 0.712 bits per heavy atom. The number of hydrogen-bond donors (Lipinski definition) is 10. The van der Waals surface area contributed by atoms with Crippen LogP contribution in [0.2, 0.25) is 0 Å². The van der Waals surface area contributed by atoms with E-state index in [1.54, 1.807) is 0 Å². The summed E-state index contributed by atoms with van der Waals surface area (Å²) in [6.45, 7) is -0.820. The maximum atomic E-state index is 14.7. The number of benzene rings is 4. The van der Waals surface area contributed by atoms with Crippen LogP contribution in [0.25, 0.3) is 22.3 Å². The number of fused-ring (bicyclic) bond motifs is 2. The Morgan fingerprint density at radius 2 is 1.44 bits per heavy atom. The first-order valence-electron chi connectivity index (χ1n) is 15.7. The van der Waals surface area contributed by atoms with Crippen molar-refractivity contribution in [3.63, 3.8) is 0 Å². The molecule has 16 nitrogen and oxygen atoms in total. The van der Waals surface area contributed by atoms with Gasteiger partial charge in [-0.25, -0.2) is 0 Å². The highest BCUT2D eigenvalue weighted by atomic mass is 16.7. The van der Waals surface area contributed by atoms with Gasteiger partial charge in [-0.05, 0) is 35.9 Å². The lowest BCUT2D eigenvalue weighted by atomic mass is 9.79. The number of ketones is 1. The summed E-state index contributed by atoms with van der Waals surface area (Å²) >= 11 is 0. The lowest BCUT2D eigenvalue weighted by Crippen LogP contribution is -2.60. The van der Waals surface area contributed by atoms with Gasteiger partial charge in [-0.2, -0.15) is 0 Å². The van der Waals surface area contributed by atoms with Gasteiger partial charge in [0, 0.05) is 29.8 Å². The van der Waals surface area contributed by atoms with Crippen LogP contribution in [-0.2, 0) is 4.74 Å². The molecule has 270 valence electrons. The number of phenols is 6. The van der Waals surface area contributed by atoms with Crippen LogP contribution in [-0.4, -0.2) is 94.2 Å². The Morgan fingerprint density at radius 3 is 2.13 bits per heavy atom. The summed E-state index contributed by atoms with van der Waals surface area (Å²) in [6.07, 6.45) is -10.4. The average molecular weight is 719 g/mol. The van der Waals surface area contributed by atoms with Crippen molar-refractivity contribution in [2.45, 2.75) is 42.7 Å². The highest BCUT2D eigenvalue weighted by Gasteiger charge is 2.48. The van der Waals surface area contributed by atoms with Crippen LogP contribution in [0.15, 0.2) is 75.9 Å². The molecule has 1 saturated heterocycles. The Bertz CT molecular complexity index is 2260. The molecule has 16 heteroatoms. The maximum absolute atomic E-state index is 14.7. The highest BCUT2D eigenvalue weighted by Crippen LogP contribution is 2.52. The summed E-state index contributed by atoms with van der Waals surface area (Å²) in [6, 6.07) is 12.8. The molecule has 2 aliphatic rings. The van der Waals surface area contributed by atoms with Crippen LogP contribution in [0.4, 0.5) is 0 Å². The predicted molar refractivity (Wildman–Crippen MR) is 176 cm³/mol. The molecular formula is C36H30O16. The van der Waals surface area contributed by atoms with Gasteiger partial charge in [0.1, 0.15) is 87.3 Å². The highest BCUT2D eigenvalue weighted by molar-refractivity contribution is 6.09. The first-order chi connectivity index (χ1) is 24.8. The predicted octanol–water partition coefficient (Wildman–Crippen LogP) is 1.97. The van der Waals surface area contributed by atoms with Gasteiger partial charge >= 0.3 is 0 Å². The fraction of sp³-hybridized carbons (Fsp3) is 0.222. The van der Waals surface area contributed by atoms with Crippen LogP contribution in [0.1, 0.15) is 33.5 Å². The van der Waals surface area contributed by atoms with E-state index in [4.69, 9.17) is 18.6 Å². The SMILES string of the molecule is O=C1c2c(O)cc(O)cc2O[C@H](c2ccc(O)cc2)[C@@H]1c1c(O[C@@H]2O[C@H](CO)[C@@H](O)[C@H](O)[C@H]2O)cc(O)c2c(=O)cc(-c3ccc(O)c(O)c3)oc12. The summed E-state index contributed by atoms with van der Waals surface area (Å²) in [5, 5.41) is 103. The smallest absolute Gasteiger partial charge is 0.229 e. The maximum Gasteiger partial charge on any atom is 0.229 e. The molecule has 0 unspecified atom stereocenters. The van der Waals surface area contributed by atoms with E-state index in [9.17, 15) is 60.7 Å². The average Bonchev–Trinajstić information content (AvgIpc) is 3.10. The van der Waals surface area contributed by atoms with Crippen molar-refractivity contribution in [1.29, 1.82) is 0 Å². The molecule has 0 spiro atoms. The molecule has 0 radical (unpaired) electrons. The largest absolute Gasteiger partial charge is 0.508 e. The van der Waals surface area contributed by atoms with Crippen molar-refractivity contribution in [3.8, 4) is 57.3 Å². The molecule has 7 atom stereocenters. The van der Waals surface area contributed by atoms with E-state index in [0.717, 1.165) is 36.4 Å². The molecule has 1 fully saturated rings. The summed E-state index contributed by atoms with van der Waals surface area (Å²) in [5.74, 6) is -6.56. The minimum atomic E-state index is -1.97. The van der Waals surface area contributed by atoms with Gasteiger partial charge in [0.05, 0.1) is 18.1 Å². The third-order valence-corrected chi connectivity index (χ3v) is 9.02. The molecular weight excluding hydrogens is 688 g/mol. The second-order valence-electron chi connectivity index (χ2n) is 12.3. The number of carbonyl (C=O) groups is 1. The lowest BCUT2D eigenvalue weighted by molar-refractivity contribution is -0.277. The Balaban J connectivity index is 1.53. The van der Waals surface area contributed by atoms with Gasteiger partial charge in [-0.15, -0.1) is 0 Å². The van der Waals surface area contributed by atoms with E-state index in [0.29, 0.717) is 0 Å². The summed E-state index contributed by atoms with van der Waals surface area (Å²) in [5.41, 5.74) is -1.75. The number of ether oxygens (including phenoxy) is 3. The van der Waals surface area contributed by atoms with Crippen molar-refractivity contribution in [1.82, 2.24) is 0 Å². The first kappa shape index (κ1) is 34.4. The molecule has 4 aromatic carbocycles. The number of aromatic hydroxyl groups is 6. The van der Waals surface area contributed by atoms with Crippen molar-refractivity contribution in [2.24, 2.45) is 0 Å². The van der Waals surface area contributed by atoms with Crippen molar-refractivity contribution in [3.05, 3.63) is 93.6 Å². The molecule has 0 amide bonds. The zero-order valence-electron chi connectivity index (χ0n) is 26.5. The normalized spacial score (nSPS) is 24.3. The third-order valence-electron chi connectivity index (χ3n) is 9.02. The number of phenolic OH excluding ortho intramolecular Hbond substituents is 6. The van der Waals surface area contributed by atoms with E-state index < -0.39 is 112 Å². The summed E-state index contributed by atoms with van der Waals surface area (Å²) in [7, 11) is 0. The van der Waals surface area contributed by atoms with Crippen molar-refractivity contribution < 1.29 is 74.5 Å². The first-order valence-corrected chi connectivity index (χ1v) is 15.7. The van der Waals surface area contributed by atoms with Gasteiger partial charge in [0.25, 0.3) is 0 Å². The monoisotopic (exact) mass is 718 g/mol. The Hall–Kier alpha value is -6.04. The van der Waals surface area contributed by atoms with Crippen molar-refractivity contribution in [2.75, 3.05) is 6.61 Å². The molecule has 3 heterocycles. The number of carbonyl (C=O) groups excluding carboxylic acids is 1. The van der Waals surface area contributed by atoms with Crippen LogP contribution in [0, 0.1) is 0 Å². The minimum absolute atomic E-state index is 0.0692. The topological polar surface area (TPSA) is 277 Å². The number of aliphatic hydroxyl groups excluding tert-OH is 4. The zero-order valence-corrected chi connectivity index (χ0v) is 26.5. The van der Waals surface area contributed by atoms with E-state index in [1.165, 1.54) is 30.3 Å². The van der Waals surface area contributed by atoms with Crippen LogP contribution in [0.3, 0.4) is 0 Å². The molecule has 10 N–H and O–H groups in total. The summed E-state index contributed by atoms with van der Waals surface area (Å²) < 4.78 is 24.0. The standard InChI is InChI=1S/C36H30O16/c37-12-25-30(45)32(47)33(48)36(52-25)51-24-11-21(44)26-20(43)10-22(14-3-6-17(40)18(41)7-14)49-35(26)28(24)29-31(46)27-19(42)8-16(39)9-23(27)50-34(29)13-1-4-15(38)5-2-13/h1-11,25,29-30,32-34,36-42,44-45,47-48H,12H2/t25-,29-,30-,32+,33-,34-,36-/m1/s1. The third kappa shape index (κ3) is 5.73. The number of hydrogen-bond acceptors (Lipinski definition) is 16. The Kier molecular flexibility index (Phi) is 8.56. The van der Waals surface area contributed by atoms with Gasteiger partial charge in [0.2, 0.25) is 6.29 Å². The zero-order chi connectivity index (χ0) is 37.2. The number of aliphatic hydroxyl groups is 4. The number of rotatable bonds is 6. The van der Waals surface area contributed by atoms with Gasteiger partial charge in [0.15, 0.2) is 22.7 Å². The van der Waals surface area contributed by atoms with Gasteiger partial charge in [-0.3, -0.25) is 9.59 Å². The fourth-order valence-electron chi connectivity index (χ4n) is 6.44. The van der Waals surface area contributed by atoms with E-state index >= 15 is 0 Å². The van der Waals surface area contributed by atoms with Crippen molar-refractivity contribution >= 4 is 16.8 Å². The van der Waals surface area contributed by atoms with E-state index in [1.807, 2.05) is 0 Å². The summed E-state index contributed by atoms with van der Waals surface area (Å²) in [4.78, 5) is 28.4. The van der Waals surface area contributed by atoms with Gasteiger partial charge in [-0.1, -0.05) is 12.1 Å². The fourth-order valence-corrected chi connectivity index (χ4v) is 6.44. The van der Waals surface area contributed by atoms with Crippen LogP contribution < -0.4 is 14.9 Å². The minimum Gasteiger partial charge on any atom is -0.508 e. The molecule has 0 aliphatic carbocycles. The molecule has 52 heavy (non-hydrogen) atoms. The van der Waals surface area contributed by atoms with Gasteiger partial charge < -0.3 is 69.7 Å². The molecule has 0 bridgehead atoms. The molecule has 7 rings (SSSR count). The molecule has 5 aromatic rings. The van der Waals surface area contributed by atoms with E-state index in [2.05, 4.69) is 0 Å². The van der Waals surface area contributed by atoms with Crippen LogP contribution in [0.5, 0.6) is 46.0 Å². The van der Waals surface area contributed by atoms with E-state index in [-0.39, 0.29) is 33.9 Å². The van der Waals surface area contributed by atoms with Crippen LogP contribution >= 0.6 is 0 Å². The molecule has 1 aromatic heterocycles. The second-order valence-corrected chi connectivity index (χ2v) is 12.3. The molecule has 0 saturated carbocycles. The quantitative estimate of drug-likeness (QED) is 0.112. The Labute approximate surface area is 291 Å². The lowest BCUT2D eigenvalue weighted by Gasteiger charge is -2.40. The molecule has 2 aliphatic heterocycles. The number of Topliss-reactive ketones (excluding diaryl/α,β-unsaturated/α-hetero) is 1. The second kappa shape index (κ2) is 12.9.